The van der Waals surface area contributed by atoms with Gasteiger partial charge in [0.1, 0.15) is 0 Å². The minimum Gasteiger partial charge on any atom is -0.481 e. The van der Waals surface area contributed by atoms with E-state index in [2.05, 4.69) is 20.0 Å². The van der Waals surface area contributed by atoms with Crippen LogP contribution in [0, 0.1) is 5.92 Å². The molecule has 1 aliphatic carbocycles. The van der Waals surface area contributed by atoms with E-state index in [-0.39, 0.29) is 5.56 Å². The first kappa shape index (κ1) is 14.2. The average Bonchev–Trinajstić information content (AvgIpc) is 2.97. The Hall–Kier alpha value is -2.44. The molecule has 3 heterocycles. The molecule has 7 heteroatoms. The van der Waals surface area contributed by atoms with Crippen molar-refractivity contribution in [3.05, 3.63) is 39.9 Å². The number of fused-ring (bicyclic) bond motifs is 1. The van der Waals surface area contributed by atoms with Gasteiger partial charge in [-0.1, -0.05) is 0 Å². The molecular formula is C16H19N5O2. The van der Waals surface area contributed by atoms with E-state index in [9.17, 15) is 4.79 Å². The van der Waals surface area contributed by atoms with Crippen molar-refractivity contribution in [2.75, 3.05) is 25.1 Å². The number of nitrogens with zero attached hydrogens (tertiary/aromatic N) is 5. The summed E-state index contributed by atoms with van der Waals surface area (Å²) in [7, 11) is 1.59. The smallest absolute Gasteiger partial charge is 0.267 e. The van der Waals surface area contributed by atoms with E-state index in [1.807, 2.05) is 0 Å². The number of hydrogen-bond donors (Lipinski definition) is 0. The van der Waals surface area contributed by atoms with Crippen molar-refractivity contribution in [1.29, 1.82) is 0 Å². The maximum Gasteiger partial charge on any atom is 0.267 e. The highest BCUT2D eigenvalue weighted by atomic mass is 16.5. The van der Waals surface area contributed by atoms with E-state index in [1.54, 1.807) is 30.1 Å². The molecule has 0 spiro atoms. The monoisotopic (exact) mass is 313 g/mol. The molecule has 0 saturated carbocycles. The Labute approximate surface area is 133 Å². The second kappa shape index (κ2) is 5.64. The summed E-state index contributed by atoms with van der Waals surface area (Å²) >= 11 is 0. The number of anilines is 1. The molecule has 0 radical (unpaired) electrons. The van der Waals surface area contributed by atoms with Crippen LogP contribution in [-0.4, -0.2) is 39.9 Å². The van der Waals surface area contributed by atoms with Crippen LogP contribution in [0.3, 0.4) is 0 Å². The van der Waals surface area contributed by atoms with E-state index in [1.165, 1.54) is 0 Å². The fourth-order valence-electron chi connectivity index (χ4n) is 3.26. The predicted molar refractivity (Wildman–Crippen MR) is 84.8 cm³/mol. The van der Waals surface area contributed by atoms with Crippen LogP contribution in [-0.2, 0) is 19.4 Å². The van der Waals surface area contributed by atoms with Gasteiger partial charge in [-0.05, 0) is 24.8 Å². The van der Waals surface area contributed by atoms with E-state index in [4.69, 9.17) is 4.74 Å². The zero-order chi connectivity index (χ0) is 15.8. The number of aryl methyl sites for hydroxylation is 2. The molecule has 2 aromatic heterocycles. The number of aromatic nitrogens is 4. The minimum atomic E-state index is 0.0155. The van der Waals surface area contributed by atoms with Gasteiger partial charge in [-0.25, -0.2) is 9.67 Å². The summed E-state index contributed by atoms with van der Waals surface area (Å²) in [5.74, 6) is 1.64. The standard InChI is InChI=1S/C16H19N5O2/c1-23-14-5-6-17-16(18-14)20-8-11(9-20)10-21-15(22)7-12-3-2-4-13(12)19-21/h5-7,11H,2-4,8-10H2,1H3. The molecule has 120 valence electrons. The topological polar surface area (TPSA) is 73.1 Å². The highest BCUT2D eigenvalue weighted by Gasteiger charge is 2.30. The van der Waals surface area contributed by atoms with Gasteiger partial charge in [0.15, 0.2) is 0 Å². The van der Waals surface area contributed by atoms with Crippen LogP contribution in [0.2, 0.25) is 0 Å². The molecule has 1 fully saturated rings. The quantitative estimate of drug-likeness (QED) is 0.826. The third-order valence-corrected chi connectivity index (χ3v) is 4.52. The van der Waals surface area contributed by atoms with Gasteiger partial charge in [-0.15, -0.1) is 0 Å². The second-order valence-electron chi connectivity index (χ2n) is 6.16. The minimum absolute atomic E-state index is 0.0155. The number of methoxy groups -OCH3 is 1. The van der Waals surface area contributed by atoms with Gasteiger partial charge in [0.05, 0.1) is 19.3 Å². The van der Waals surface area contributed by atoms with Crippen LogP contribution in [0.1, 0.15) is 17.7 Å². The highest BCUT2D eigenvalue weighted by Crippen LogP contribution is 2.23. The summed E-state index contributed by atoms with van der Waals surface area (Å²) < 4.78 is 6.74. The maximum absolute atomic E-state index is 12.1. The number of hydrogen-bond acceptors (Lipinski definition) is 6. The predicted octanol–water partition coefficient (Wildman–Crippen LogP) is 0.667. The zero-order valence-electron chi connectivity index (χ0n) is 13.1. The van der Waals surface area contributed by atoms with Gasteiger partial charge in [0.2, 0.25) is 11.8 Å². The molecule has 23 heavy (non-hydrogen) atoms. The average molecular weight is 313 g/mol. The van der Waals surface area contributed by atoms with Crippen LogP contribution >= 0.6 is 0 Å². The molecule has 2 aliphatic rings. The maximum atomic E-state index is 12.1. The van der Waals surface area contributed by atoms with Gasteiger partial charge in [0.25, 0.3) is 5.56 Å². The van der Waals surface area contributed by atoms with Gasteiger partial charge in [0, 0.05) is 37.3 Å². The molecule has 0 atom stereocenters. The Bertz CT molecular complexity index is 782. The van der Waals surface area contributed by atoms with E-state index >= 15 is 0 Å². The Morgan fingerprint density at radius 2 is 2.22 bits per heavy atom. The van der Waals surface area contributed by atoms with Crippen LogP contribution in [0.15, 0.2) is 23.1 Å². The molecule has 1 aliphatic heterocycles. The Morgan fingerprint density at radius 3 is 3.04 bits per heavy atom. The lowest BCUT2D eigenvalue weighted by molar-refractivity contribution is 0.327. The van der Waals surface area contributed by atoms with Crippen LogP contribution < -0.4 is 15.2 Å². The van der Waals surface area contributed by atoms with Crippen molar-refractivity contribution < 1.29 is 4.74 Å². The number of rotatable bonds is 4. The van der Waals surface area contributed by atoms with Crippen molar-refractivity contribution in [1.82, 2.24) is 19.7 Å². The first-order valence-corrected chi connectivity index (χ1v) is 7.95. The summed E-state index contributed by atoms with van der Waals surface area (Å²) in [6, 6.07) is 3.49. The second-order valence-corrected chi connectivity index (χ2v) is 6.16. The summed E-state index contributed by atoms with van der Waals surface area (Å²) in [5.41, 5.74) is 2.24. The molecule has 0 amide bonds. The SMILES string of the molecule is COc1ccnc(N2CC(Cn3nc4c(cc3=O)CCC4)C2)n1. The molecule has 4 rings (SSSR count). The van der Waals surface area contributed by atoms with Gasteiger partial charge < -0.3 is 9.64 Å². The molecule has 0 unspecified atom stereocenters. The van der Waals surface area contributed by atoms with Crippen molar-refractivity contribution in [2.45, 2.75) is 25.8 Å². The summed E-state index contributed by atoms with van der Waals surface area (Å²) in [5, 5.41) is 4.53. The van der Waals surface area contributed by atoms with E-state index in [0.29, 0.717) is 24.3 Å². The molecule has 1 saturated heterocycles. The van der Waals surface area contributed by atoms with Crippen molar-refractivity contribution in [2.24, 2.45) is 5.92 Å². The Balaban J connectivity index is 1.42. The van der Waals surface area contributed by atoms with E-state index < -0.39 is 0 Å². The zero-order valence-corrected chi connectivity index (χ0v) is 13.1. The van der Waals surface area contributed by atoms with Crippen molar-refractivity contribution in [3.63, 3.8) is 0 Å². The van der Waals surface area contributed by atoms with Crippen LogP contribution in [0.4, 0.5) is 5.95 Å². The molecular weight excluding hydrogens is 294 g/mol. The number of ether oxygens (including phenoxy) is 1. The van der Waals surface area contributed by atoms with Crippen molar-refractivity contribution >= 4 is 5.95 Å². The largest absolute Gasteiger partial charge is 0.481 e. The Morgan fingerprint density at radius 1 is 1.35 bits per heavy atom. The Kier molecular flexibility index (Phi) is 3.48. The molecule has 7 nitrogen and oxygen atoms in total. The summed E-state index contributed by atoms with van der Waals surface area (Å²) in [6.07, 6.45) is 4.78. The van der Waals surface area contributed by atoms with Crippen molar-refractivity contribution in [3.8, 4) is 5.88 Å². The summed E-state index contributed by atoms with van der Waals surface area (Å²) in [6.45, 7) is 2.32. The third kappa shape index (κ3) is 2.67. The van der Waals surface area contributed by atoms with Gasteiger partial charge in [-0.3, -0.25) is 4.79 Å². The molecule has 0 bridgehead atoms. The highest BCUT2D eigenvalue weighted by molar-refractivity contribution is 5.35. The van der Waals surface area contributed by atoms with Crippen LogP contribution in [0.25, 0.3) is 0 Å². The summed E-state index contributed by atoms with van der Waals surface area (Å²) in [4.78, 5) is 22.8. The lowest BCUT2D eigenvalue weighted by Crippen LogP contribution is -2.50. The molecule has 0 aromatic carbocycles. The van der Waals surface area contributed by atoms with Gasteiger partial charge >= 0.3 is 0 Å². The molecule has 0 N–H and O–H groups in total. The van der Waals surface area contributed by atoms with Crippen LogP contribution in [0.5, 0.6) is 5.88 Å². The lowest BCUT2D eigenvalue weighted by Gasteiger charge is -2.39. The fraction of sp³-hybridized carbons (Fsp3) is 0.500. The first-order chi connectivity index (χ1) is 11.2. The molecule has 2 aromatic rings. The lowest BCUT2D eigenvalue weighted by atomic mass is 10.0. The van der Waals surface area contributed by atoms with Gasteiger partial charge in [-0.2, -0.15) is 10.1 Å². The fourth-order valence-corrected chi connectivity index (χ4v) is 3.26. The van der Waals surface area contributed by atoms with E-state index in [0.717, 1.165) is 43.6 Å². The third-order valence-electron chi connectivity index (χ3n) is 4.52. The first-order valence-electron chi connectivity index (χ1n) is 7.95. The normalized spacial score (nSPS) is 17.0.